The van der Waals surface area contributed by atoms with Crippen LogP contribution in [0.25, 0.3) is 11.3 Å². The number of benzene rings is 1. The summed E-state index contributed by atoms with van der Waals surface area (Å²) in [6, 6.07) is 0. The number of phenols is 1. The molecule has 1 aliphatic heterocycles. The van der Waals surface area contributed by atoms with Gasteiger partial charge in [-0.25, -0.2) is 13.2 Å². The molecule has 1 saturated heterocycles. The van der Waals surface area contributed by atoms with E-state index in [1.165, 1.54) is 11.8 Å². The highest BCUT2D eigenvalue weighted by Gasteiger charge is 2.34. The number of nitrogens with zero attached hydrogens (tertiary/aromatic N) is 2. The fraction of sp³-hybridized carbons (Fsp3) is 0.333. The zero-order chi connectivity index (χ0) is 18.3. The van der Waals surface area contributed by atoms with E-state index in [0.717, 1.165) is 0 Å². The summed E-state index contributed by atoms with van der Waals surface area (Å²) in [6.45, 7) is 2.41. The van der Waals surface area contributed by atoms with Gasteiger partial charge in [-0.05, 0) is 6.92 Å². The molecule has 1 fully saturated rings. The molecule has 0 unspecified atom stereocenters. The van der Waals surface area contributed by atoms with Crippen LogP contribution in [0, 0.1) is 30.2 Å². The average molecular weight is 360 g/mol. The van der Waals surface area contributed by atoms with Crippen LogP contribution in [0.2, 0.25) is 0 Å². The van der Waals surface area contributed by atoms with Gasteiger partial charge in [0.1, 0.15) is 11.1 Å². The molecule has 10 heteroatoms. The van der Waals surface area contributed by atoms with Crippen molar-refractivity contribution in [2.45, 2.75) is 6.92 Å². The number of ether oxygens (including phenoxy) is 1. The van der Waals surface area contributed by atoms with Crippen molar-refractivity contribution in [3.63, 3.8) is 0 Å². The molecule has 2 heterocycles. The Hall–Kier alpha value is -2.62. The van der Waals surface area contributed by atoms with E-state index in [9.17, 15) is 27.5 Å². The van der Waals surface area contributed by atoms with Gasteiger partial charge in [-0.15, -0.1) is 0 Å². The number of halogens is 4. The lowest BCUT2D eigenvalue weighted by atomic mass is 10.0. The lowest BCUT2D eigenvalue weighted by Crippen LogP contribution is -2.41. The van der Waals surface area contributed by atoms with E-state index in [-0.39, 0.29) is 37.6 Å². The van der Waals surface area contributed by atoms with E-state index >= 15 is 0 Å². The Morgan fingerprint density at radius 3 is 2.32 bits per heavy atom. The number of hydrogen-bond acceptors (Lipinski definition) is 5. The largest absolute Gasteiger partial charge is 0.504 e. The zero-order valence-electron chi connectivity index (χ0n) is 12.9. The number of aromatic hydroxyl groups is 1. The van der Waals surface area contributed by atoms with Crippen molar-refractivity contribution in [3.8, 4) is 17.1 Å². The van der Waals surface area contributed by atoms with Crippen LogP contribution in [-0.2, 0) is 4.74 Å². The van der Waals surface area contributed by atoms with Crippen LogP contribution in [0.3, 0.4) is 0 Å². The van der Waals surface area contributed by atoms with E-state index in [1.54, 1.807) is 0 Å². The summed E-state index contributed by atoms with van der Waals surface area (Å²) in [5.74, 6) is -11.0. The number of amides is 1. The molecular weight excluding hydrogens is 348 g/mol. The zero-order valence-corrected chi connectivity index (χ0v) is 12.9. The molecule has 0 bridgehead atoms. The quantitative estimate of drug-likeness (QED) is 0.506. The minimum Gasteiger partial charge on any atom is -0.504 e. The fourth-order valence-electron chi connectivity index (χ4n) is 2.54. The third-order valence-electron chi connectivity index (χ3n) is 3.84. The predicted molar refractivity (Wildman–Crippen MR) is 74.9 cm³/mol. The van der Waals surface area contributed by atoms with Crippen molar-refractivity contribution in [3.05, 3.63) is 34.5 Å². The Kier molecular flexibility index (Phi) is 4.38. The van der Waals surface area contributed by atoms with Gasteiger partial charge < -0.3 is 19.3 Å². The van der Waals surface area contributed by atoms with Crippen molar-refractivity contribution in [2.75, 3.05) is 26.3 Å². The van der Waals surface area contributed by atoms with E-state index in [0.29, 0.717) is 0 Å². The van der Waals surface area contributed by atoms with Crippen LogP contribution in [-0.4, -0.2) is 47.4 Å². The summed E-state index contributed by atoms with van der Waals surface area (Å²) in [4.78, 5) is 14.0. The molecule has 1 amide bonds. The molecule has 0 saturated carbocycles. The van der Waals surface area contributed by atoms with Gasteiger partial charge in [-0.1, -0.05) is 5.16 Å². The molecule has 1 aromatic heterocycles. The topological polar surface area (TPSA) is 75.8 Å². The molecule has 0 aliphatic carbocycles. The molecule has 0 atom stereocenters. The second-order valence-corrected chi connectivity index (χ2v) is 5.36. The van der Waals surface area contributed by atoms with Gasteiger partial charge in [-0.3, -0.25) is 4.79 Å². The van der Waals surface area contributed by atoms with Crippen molar-refractivity contribution in [1.29, 1.82) is 0 Å². The molecule has 25 heavy (non-hydrogen) atoms. The molecule has 6 nitrogen and oxygen atoms in total. The molecule has 0 spiro atoms. The Bertz CT molecular complexity index is 818. The number of phenolic OH excluding ortho intramolecular Hbond substituents is 1. The summed E-state index contributed by atoms with van der Waals surface area (Å²) in [5, 5.41) is 13.2. The van der Waals surface area contributed by atoms with Crippen molar-refractivity contribution in [1.82, 2.24) is 10.1 Å². The maximum atomic E-state index is 14.1. The summed E-state index contributed by atoms with van der Waals surface area (Å²) in [6.07, 6.45) is 0. The summed E-state index contributed by atoms with van der Waals surface area (Å²) in [5.41, 5.74) is -1.36. The molecule has 1 N–H and O–H groups in total. The van der Waals surface area contributed by atoms with Gasteiger partial charge in [0.15, 0.2) is 23.1 Å². The first-order valence-corrected chi connectivity index (χ1v) is 7.23. The van der Waals surface area contributed by atoms with Crippen LogP contribution >= 0.6 is 0 Å². The Labute approximate surface area is 138 Å². The van der Waals surface area contributed by atoms with E-state index in [4.69, 9.17) is 9.26 Å². The molecule has 3 rings (SSSR count). The highest BCUT2D eigenvalue weighted by molar-refractivity contribution is 6.01. The molecule has 1 aliphatic rings. The minimum atomic E-state index is -2.17. The van der Waals surface area contributed by atoms with Gasteiger partial charge in [0, 0.05) is 13.1 Å². The highest BCUT2D eigenvalue weighted by atomic mass is 19.2. The highest BCUT2D eigenvalue weighted by Crippen LogP contribution is 2.39. The van der Waals surface area contributed by atoms with Crippen LogP contribution in [0.4, 0.5) is 17.6 Å². The third-order valence-corrected chi connectivity index (χ3v) is 3.84. The van der Waals surface area contributed by atoms with E-state index in [2.05, 4.69) is 5.16 Å². The number of morpholine rings is 1. The number of carbonyl (C=O) groups is 1. The molecule has 2 aromatic rings. The molecular formula is C15H12F4N2O4. The van der Waals surface area contributed by atoms with Crippen LogP contribution < -0.4 is 0 Å². The normalized spacial score (nSPS) is 14.8. The lowest BCUT2D eigenvalue weighted by Gasteiger charge is -2.26. The molecule has 1 aromatic carbocycles. The maximum Gasteiger partial charge on any atom is 0.259 e. The fourth-order valence-corrected chi connectivity index (χ4v) is 2.54. The van der Waals surface area contributed by atoms with E-state index < -0.39 is 46.2 Å². The van der Waals surface area contributed by atoms with Gasteiger partial charge in [0.05, 0.1) is 18.9 Å². The van der Waals surface area contributed by atoms with Gasteiger partial charge >= 0.3 is 0 Å². The Morgan fingerprint density at radius 2 is 1.68 bits per heavy atom. The second-order valence-electron chi connectivity index (χ2n) is 5.36. The summed E-state index contributed by atoms with van der Waals surface area (Å²) < 4.78 is 64.4. The Balaban J connectivity index is 2.16. The smallest absolute Gasteiger partial charge is 0.259 e. The first-order chi connectivity index (χ1) is 11.8. The van der Waals surface area contributed by atoms with Crippen LogP contribution in [0.5, 0.6) is 5.75 Å². The van der Waals surface area contributed by atoms with Crippen molar-refractivity contribution in [2.24, 2.45) is 0 Å². The lowest BCUT2D eigenvalue weighted by molar-refractivity contribution is 0.0302. The van der Waals surface area contributed by atoms with Crippen molar-refractivity contribution >= 4 is 5.91 Å². The van der Waals surface area contributed by atoms with Crippen LogP contribution in [0.15, 0.2) is 4.52 Å². The first kappa shape index (κ1) is 17.2. The van der Waals surface area contributed by atoms with Crippen LogP contribution in [0.1, 0.15) is 16.1 Å². The standard InChI is InChI=1S/C15H12F4N2O4/c1-6-7(15(23)21-2-4-24-5-3-21)14(25-20-6)8-9(16)10(17)11(18)12(19)13(8)22/h22H,2-5H2,1H3. The number of aryl methyl sites for hydroxylation is 1. The molecule has 0 radical (unpaired) electrons. The SMILES string of the molecule is Cc1noc(-c2c(O)c(F)c(F)c(F)c2F)c1C(=O)N1CCOCC1. The maximum absolute atomic E-state index is 14.1. The number of rotatable bonds is 2. The monoisotopic (exact) mass is 360 g/mol. The Morgan fingerprint density at radius 1 is 1.08 bits per heavy atom. The number of aromatic nitrogens is 1. The van der Waals surface area contributed by atoms with Crippen molar-refractivity contribution < 1.29 is 36.7 Å². The minimum absolute atomic E-state index is 0.0235. The second kappa shape index (κ2) is 6.36. The number of carbonyl (C=O) groups excluding carboxylic acids is 1. The summed E-state index contributed by atoms with van der Waals surface area (Å²) in [7, 11) is 0. The van der Waals surface area contributed by atoms with Gasteiger partial charge in [0.2, 0.25) is 11.6 Å². The first-order valence-electron chi connectivity index (χ1n) is 7.23. The van der Waals surface area contributed by atoms with Gasteiger partial charge in [0.25, 0.3) is 5.91 Å². The molecule has 134 valence electrons. The van der Waals surface area contributed by atoms with Gasteiger partial charge in [-0.2, -0.15) is 4.39 Å². The predicted octanol–water partition coefficient (Wildman–Crippen LogP) is 2.38. The average Bonchev–Trinajstić information content (AvgIpc) is 3.00. The van der Waals surface area contributed by atoms with E-state index in [1.807, 2.05) is 0 Å². The number of hydrogen-bond donors (Lipinski definition) is 1. The third kappa shape index (κ3) is 2.72. The summed E-state index contributed by atoms with van der Waals surface area (Å²) >= 11 is 0.